The number of carbonyl (C=O) groups excluding carboxylic acids is 1. The molecule has 27 heavy (non-hydrogen) atoms. The maximum Gasteiger partial charge on any atom is 0.423 e. The third kappa shape index (κ3) is 5.63. The van der Waals surface area contributed by atoms with Gasteiger partial charge in [-0.15, -0.1) is 0 Å². The van der Waals surface area contributed by atoms with Crippen molar-refractivity contribution in [3.63, 3.8) is 0 Å². The minimum absolute atomic E-state index is 0.0535. The molecular weight excluding hydrogens is 415 g/mol. The lowest BCUT2D eigenvalue weighted by Crippen LogP contribution is -2.49. The van der Waals surface area contributed by atoms with Crippen molar-refractivity contribution in [2.45, 2.75) is 38.1 Å². The molecule has 1 aromatic rings. The summed E-state index contributed by atoms with van der Waals surface area (Å²) < 4.78 is 35.7. The van der Waals surface area contributed by atoms with Crippen LogP contribution in [-0.2, 0) is 15.0 Å². The van der Waals surface area contributed by atoms with Crippen LogP contribution in [0.1, 0.15) is 32.1 Å². The van der Waals surface area contributed by atoms with Gasteiger partial charge in [-0.1, -0.05) is 29.6 Å². The molecular formula is C17H22Cl2N2O5S. The van der Waals surface area contributed by atoms with Crippen molar-refractivity contribution < 1.29 is 22.1 Å². The van der Waals surface area contributed by atoms with Crippen LogP contribution in [0.2, 0.25) is 10.0 Å². The number of halogens is 2. The molecule has 150 valence electrons. The van der Waals surface area contributed by atoms with Crippen LogP contribution in [0.15, 0.2) is 18.2 Å². The van der Waals surface area contributed by atoms with Crippen molar-refractivity contribution in [2.24, 2.45) is 5.92 Å². The van der Waals surface area contributed by atoms with E-state index in [2.05, 4.69) is 4.90 Å². The van der Waals surface area contributed by atoms with Gasteiger partial charge in [0.15, 0.2) is 5.75 Å². The lowest BCUT2D eigenvalue weighted by Gasteiger charge is -2.44. The van der Waals surface area contributed by atoms with Crippen molar-refractivity contribution in [1.82, 2.24) is 9.62 Å². The highest BCUT2D eigenvalue weighted by Gasteiger charge is 2.34. The van der Waals surface area contributed by atoms with Gasteiger partial charge in [0.25, 0.3) is 0 Å². The van der Waals surface area contributed by atoms with E-state index in [9.17, 15) is 13.2 Å². The van der Waals surface area contributed by atoms with Crippen molar-refractivity contribution in [3.8, 4) is 5.75 Å². The Morgan fingerprint density at radius 3 is 2.78 bits per heavy atom. The first-order valence-corrected chi connectivity index (χ1v) is 11.1. The average molecular weight is 437 g/mol. The molecule has 1 N–H and O–H groups in total. The summed E-state index contributed by atoms with van der Waals surface area (Å²) in [5.74, 6) is 0.0467. The van der Waals surface area contributed by atoms with Crippen LogP contribution in [0.4, 0.5) is 4.79 Å². The Kier molecular flexibility index (Phi) is 6.73. The molecule has 0 aromatic heterocycles. The Hall–Kier alpha value is -1.22. The van der Waals surface area contributed by atoms with Crippen LogP contribution < -0.4 is 8.91 Å². The van der Waals surface area contributed by atoms with Gasteiger partial charge in [0.05, 0.1) is 11.6 Å². The van der Waals surface area contributed by atoms with E-state index >= 15 is 0 Å². The third-order valence-electron chi connectivity index (χ3n) is 4.96. The first-order chi connectivity index (χ1) is 12.8. The monoisotopic (exact) mass is 436 g/mol. The number of hydrogen-bond donors (Lipinski definition) is 1. The summed E-state index contributed by atoms with van der Waals surface area (Å²) in [7, 11) is -4.43. The maximum absolute atomic E-state index is 12.0. The fraction of sp³-hybridized carbons (Fsp3) is 0.588. The number of hydrogen-bond acceptors (Lipinski definition) is 6. The second kappa shape index (κ2) is 8.86. The molecule has 2 atom stereocenters. The molecule has 2 heterocycles. The van der Waals surface area contributed by atoms with Gasteiger partial charge in [0, 0.05) is 23.0 Å². The van der Waals surface area contributed by atoms with Gasteiger partial charge in [0.1, 0.15) is 0 Å². The second-order valence-electron chi connectivity index (χ2n) is 6.81. The Bertz CT molecular complexity index is 788. The third-order valence-corrected chi connectivity index (χ3v) is 6.32. The van der Waals surface area contributed by atoms with E-state index in [1.807, 2.05) is 0 Å². The van der Waals surface area contributed by atoms with Gasteiger partial charge in [-0.25, -0.2) is 4.79 Å². The molecule has 1 aromatic carbocycles. The Morgan fingerprint density at radius 2 is 1.96 bits per heavy atom. The lowest BCUT2D eigenvalue weighted by atomic mass is 9.84. The van der Waals surface area contributed by atoms with E-state index in [1.54, 1.807) is 4.72 Å². The number of carbonyl (C=O) groups is 1. The highest BCUT2D eigenvalue weighted by molar-refractivity contribution is 7.85. The minimum atomic E-state index is -4.43. The topological polar surface area (TPSA) is 84.9 Å². The molecule has 0 radical (unpaired) electrons. The number of ether oxygens (including phenoxy) is 1. The van der Waals surface area contributed by atoms with Crippen molar-refractivity contribution >= 4 is 39.6 Å². The smallest absolute Gasteiger partial charge is 0.423 e. The predicted octanol–water partition coefficient (Wildman–Crippen LogP) is 3.61. The zero-order valence-electron chi connectivity index (χ0n) is 14.7. The Balaban J connectivity index is 1.53. The van der Waals surface area contributed by atoms with Gasteiger partial charge in [0.2, 0.25) is 0 Å². The highest BCUT2D eigenvalue weighted by atomic mass is 35.5. The first kappa shape index (κ1) is 20.5. The zero-order chi connectivity index (χ0) is 19.4. The van der Waals surface area contributed by atoms with E-state index in [0.29, 0.717) is 6.04 Å². The summed E-state index contributed by atoms with van der Waals surface area (Å²) in [5.41, 5.74) is 0. The quantitative estimate of drug-likeness (QED) is 0.758. The van der Waals surface area contributed by atoms with E-state index in [1.165, 1.54) is 31.0 Å². The zero-order valence-corrected chi connectivity index (χ0v) is 17.0. The van der Waals surface area contributed by atoms with Gasteiger partial charge in [-0.2, -0.15) is 13.1 Å². The molecule has 2 aliphatic rings. The molecule has 1 amide bonds. The van der Waals surface area contributed by atoms with Crippen LogP contribution >= 0.6 is 23.2 Å². The number of amides is 1. The number of nitrogens with zero attached hydrogens (tertiary/aromatic N) is 1. The lowest BCUT2D eigenvalue weighted by molar-refractivity contribution is 0.0244. The number of benzene rings is 1. The van der Waals surface area contributed by atoms with E-state index in [4.69, 9.17) is 32.1 Å². The molecule has 2 saturated heterocycles. The largest absolute Gasteiger partial charge is 0.448 e. The molecule has 3 rings (SSSR count). The van der Waals surface area contributed by atoms with E-state index < -0.39 is 16.4 Å². The SMILES string of the molecule is O=C(NS(=O)(=O)Oc1cc(Cl)ccc1Cl)OC[C@@H]1CCCN2CCCC[C@H]12. The van der Waals surface area contributed by atoms with Crippen molar-refractivity contribution in [3.05, 3.63) is 28.2 Å². The minimum Gasteiger partial charge on any atom is -0.448 e. The molecule has 0 spiro atoms. The fourth-order valence-corrected chi connectivity index (χ4v) is 4.81. The first-order valence-electron chi connectivity index (χ1n) is 8.92. The summed E-state index contributed by atoms with van der Waals surface area (Å²) >= 11 is 11.7. The van der Waals surface area contributed by atoms with Crippen molar-refractivity contribution in [1.29, 1.82) is 0 Å². The van der Waals surface area contributed by atoms with E-state index in [-0.39, 0.29) is 28.3 Å². The number of piperidine rings is 2. The molecule has 2 aliphatic heterocycles. The molecule has 0 unspecified atom stereocenters. The molecule has 2 fully saturated rings. The molecule has 10 heteroatoms. The summed E-state index contributed by atoms with van der Waals surface area (Å²) in [5, 5.41) is 0.305. The average Bonchev–Trinajstić information content (AvgIpc) is 2.62. The van der Waals surface area contributed by atoms with Crippen LogP contribution in [0.5, 0.6) is 5.75 Å². The molecule has 0 saturated carbocycles. The van der Waals surface area contributed by atoms with Crippen LogP contribution in [0, 0.1) is 5.92 Å². The number of rotatable bonds is 5. The maximum atomic E-state index is 12.0. The molecule has 0 aliphatic carbocycles. The number of nitrogens with one attached hydrogen (secondary N) is 1. The Morgan fingerprint density at radius 1 is 1.19 bits per heavy atom. The summed E-state index contributed by atoms with van der Waals surface area (Å²) in [4.78, 5) is 14.4. The Labute approximate surface area is 169 Å². The molecule has 7 nitrogen and oxygen atoms in total. The fourth-order valence-electron chi connectivity index (χ4n) is 3.77. The standard InChI is InChI=1S/C17H22Cl2N2O5S/c18-13-6-7-14(19)16(10-13)26-27(23,24)20-17(22)25-11-12-4-3-9-21-8-2-1-5-15(12)21/h6-7,10,12,15H,1-5,8-9,11H2,(H,20,22)/t12-,15+/m0/s1. The normalized spacial score (nSPS) is 23.3. The summed E-state index contributed by atoms with van der Waals surface area (Å²) in [6.45, 7) is 2.34. The predicted molar refractivity (Wildman–Crippen MR) is 102 cm³/mol. The van der Waals surface area contributed by atoms with Crippen molar-refractivity contribution in [2.75, 3.05) is 19.7 Å². The van der Waals surface area contributed by atoms with E-state index in [0.717, 1.165) is 32.4 Å². The van der Waals surface area contributed by atoms with Crippen LogP contribution in [-0.4, -0.2) is 45.1 Å². The number of fused-ring (bicyclic) bond motifs is 1. The summed E-state index contributed by atoms with van der Waals surface area (Å²) in [6.07, 6.45) is 4.42. The highest BCUT2D eigenvalue weighted by Crippen LogP contribution is 2.31. The van der Waals surface area contributed by atoms with Gasteiger partial charge in [-0.05, 0) is 50.9 Å². The van der Waals surface area contributed by atoms with Gasteiger partial charge >= 0.3 is 16.4 Å². The summed E-state index contributed by atoms with van der Waals surface area (Å²) in [6, 6.07) is 4.53. The second-order valence-corrected chi connectivity index (χ2v) is 8.94. The molecule has 0 bridgehead atoms. The van der Waals surface area contributed by atoms with Gasteiger partial charge in [-0.3, -0.25) is 4.90 Å². The van der Waals surface area contributed by atoms with Crippen LogP contribution in [0.3, 0.4) is 0 Å². The van der Waals surface area contributed by atoms with Gasteiger partial charge < -0.3 is 8.92 Å². The van der Waals surface area contributed by atoms with Crippen LogP contribution in [0.25, 0.3) is 0 Å².